The first-order chi connectivity index (χ1) is 9.08. The molecule has 4 nitrogen and oxygen atoms in total. The predicted molar refractivity (Wildman–Crippen MR) is 71.7 cm³/mol. The maximum Gasteiger partial charge on any atom is 0.307 e. The van der Waals surface area contributed by atoms with Gasteiger partial charge >= 0.3 is 5.97 Å². The summed E-state index contributed by atoms with van der Waals surface area (Å²) in [5.41, 5.74) is 8.33. The number of fused-ring (bicyclic) bond motifs is 1. The highest BCUT2D eigenvalue weighted by molar-refractivity contribution is 5.91. The maximum atomic E-state index is 13.8. The lowest BCUT2D eigenvalue weighted by molar-refractivity contribution is -0.136. The molecule has 19 heavy (non-hydrogen) atoms. The highest BCUT2D eigenvalue weighted by atomic mass is 19.1. The molecule has 0 fully saturated rings. The Hall–Kier alpha value is -1.88. The van der Waals surface area contributed by atoms with E-state index in [1.807, 2.05) is 6.92 Å². The Morgan fingerprint density at radius 2 is 2.16 bits per heavy atom. The van der Waals surface area contributed by atoms with E-state index in [2.05, 4.69) is 4.98 Å². The van der Waals surface area contributed by atoms with Crippen LogP contribution in [0.3, 0.4) is 0 Å². The van der Waals surface area contributed by atoms with E-state index in [4.69, 9.17) is 10.8 Å². The van der Waals surface area contributed by atoms with Crippen molar-refractivity contribution < 1.29 is 14.3 Å². The molecule has 1 heterocycles. The standard InChI is InChI=1S/C14H17FN2O2/c1-2-8-10(15)3-4-12-14(8)9(7-13(18)19)11(17-12)5-6-16/h3-4,17H,2,5-7,16H2,1H3,(H,18,19). The van der Waals surface area contributed by atoms with E-state index in [0.29, 0.717) is 35.9 Å². The fourth-order valence-corrected chi connectivity index (χ4v) is 2.51. The number of nitrogens with one attached hydrogen (secondary N) is 1. The number of carboxylic acids is 1. The summed E-state index contributed by atoms with van der Waals surface area (Å²) < 4.78 is 13.8. The van der Waals surface area contributed by atoms with Crippen molar-refractivity contribution in [2.45, 2.75) is 26.2 Å². The van der Waals surface area contributed by atoms with Gasteiger partial charge in [-0.3, -0.25) is 4.79 Å². The number of aromatic nitrogens is 1. The van der Waals surface area contributed by atoms with Crippen LogP contribution < -0.4 is 5.73 Å². The van der Waals surface area contributed by atoms with Gasteiger partial charge in [-0.05, 0) is 36.2 Å². The van der Waals surface area contributed by atoms with Crippen molar-refractivity contribution >= 4 is 16.9 Å². The SMILES string of the molecule is CCc1c(F)ccc2[nH]c(CCN)c(CC(=O)O)c12. The van der Waals surface area contributed by atoms with Crippen LogP contribution in [0.5, 0.6) is 0 Å². The highest BCUT2D eigenvalue weighted by Gasteiger charge is 2.18. The first-order valence-corrected chi connectivity index (χ1v) is 6.31. The Labute approximate surface area is 110 Å². The molecule has 0 bridgehead atoms. The van der Waals surface area contributed by atoms with Crippen molar-refractivity contribution in [1.29, 1.82) is 0 Å². The lowest BCUT2D eigenvalue weighted by Crippen LogP contribution is -2.08. The number of halogens is 1. The molecule has 5 heteroatoms. The second-order valence-corrected chi connectivity index (χ2v) is 4.49. The summed E-state index contributed by atoms with van der Waals surface area (Å²) in [5.74, 6) is -1.22. The van der Waals surface area contributed by atoms with Crippen molar-refractivity contribution in [2.24, 2.45) is 5.73 Å². The Kier molecular flexibility index (Phi) is 3.85. The van der Waals surface area contributed by atoms with Crippen LogP contribution in [0.15, 0.2) is 12.1 Å². The van der Waals surface area contributed by atoms with Gasteiger partial charge in [-0.1, -0.05) is 6.92 Å². The van der Waals surface area contributed by atoms with E-state index < -0.39 is 5.97 Å². The fraction of sp³-hybridized carbons (Fsp3) is 0.357. The van der Waals surface area contributed by atoms with Gasteiger partial charge in [-0.2, -0.15) is 0 Å². The number of carboxylic acid groups (broad SMARTS) is 1. The molecule has 0 amide bonds. The minimum atomic E-state index is -0.925. The Morgan fingerprint density at radius 3 is 2.74 bits per heavy atom. The summed E-state index contributed by atoms with van der Waals surface area (Å²) in [4.78, 5) is 14.2. The summed E-state index contributed by atoms with van der Waals surface area (Å²) in [6.07, 6.45) is 0.962. The maximum absolute atomic E-state index is 13.8. The molecule has 102 valence electrons. The van der Waals surface area contributed by atoms with Crippen LogP contribution in [-0.2, 0) is 24.1 Å². The van der Waals surface area contributed by atoms with Crippen LogP contribution in [0.4, 0.5) is 4.39 Å². The molecule has 2 rings (SSSR count). The zero-order valence-electron chi connectivity index (χ0n) is 10.8. The Bertz CT molecular complexity index is 619. The molecule has 1 aromatic heterocycles. The zero-order valence-corrected chi connectivity index (χ0v) is 10.8. The van der Waals surface area contributed by atoms with Crippen LogP contribution in [0.25, 0.3) is 10.9 Å². The van der Waals surface area contributed by atoms with Crippen LogP contribution in [0.1, 0.15) is 23.7 Å². The monoisotopic (exact) mass is 264 g/mol. The number of H-pyrrole nitrogens is 1. The summed E-state index contributed by atoms with van der Waals surface area (Å²) >= 11 is 0. The van der Waals surface area contributed by atoms with Crippen molar-refractivity contribution in [3.63, 3.8) is 0 Å². The average molecular weight is 264 g/mol. The van der Waals surface area contributed by atoms with Gasteiger partial charge in [-0.15, -0.1) is 0 Å². The number of rotatable bonds is 5. The number of carbonyl (C=O) groups is 1. The average Bonchev–Trinajstić information content (AvgIpc) is 2.68. The van der Waals surface area contributed by atoms with E-state index in [-0.39, 0.29) is 12.2 Å². The van der Waals surface area contributed by atoms with Gasteiger partial charge < -0.3 is 15.8 Å². The van der Waals surface area contributed by atoms with Gasteiger partial charge in [0.15, 0.2) is 0 Å². The third-order valence-electron chi connectivity index (χ3n) is 3.28. The molecular weight excluding hydrogens is 247 g/mol. The lowest BCUT2D eigenvalue weighted by atomic mass is 9.99. The number of aromatic amines is 1. The smallest absolute Gasteiger partial charge is 0.307 e. The van der Waals surface area contributed by atoms with Crippen LogP contribution in [0, 0.1) is 5.82 Å². The zero-order chi connectivity index (χ0) is 14.0. The van der Waals surface area contributed by atoms with E-state index in [0.717, 1.165) is 11.2 Å². The summed E-state index contributed by atoms with van der Waals surface area (Å²) in [6.45, 7) is 2.28. The van der Waals surface area contributed by atoms with Gasteiger partial charge in [0.2, 0.25) is 0 Å². The molecule has 0 saturated carbocycles. The topological polar surface area (TPSA) is 79.1 Å². The van der Waals surface area contributed by atoms with E-state index in [9.17, 15) is 9.18 Å². The molecule has 0 radical (unpaired) electrons. The van der Waals surface area contributed by atoms with Gasteiger partial charge in [-0.25, -0.2) is 4.39 Å². The molecular formula is C14H17FN2O2. The van der Waals surface area contributed by atoms with E-state index in [1.54, 1.807) is 6.07 Å². The molecule has 0 aliphatic carbocycles. The van der Waals surface area contributed by atoms with Crippen molar-refractivity contribution in [1.82, 2.24) is 4.98 Å². The quantitative estimate of drug-likeness (QED) is 0.772. The third kappa shape index (κ3) is 2.46. The van der Waals surface area contributed by atoms with Gasteiger partial charge in [0, 0.05) is 23.0 Å². The molecule has 0 atom stereocenters. The normalized spacial score (nSPS) is 11.1. The first-order valence-electron chi connectivity index (χ1n) is 6.31. The summed E-state index contributed by atoms with van der Waals surface area (Å²) in [6, 6.07) is 3.06. The molecule has 0 spiro atoms. The van der Waals surface area contributed by atoms with Crippen LogP contribution in [0.2, 0.25) is 0 Å². The van der Waals surface area contributed by atoms with Gasteiger partial charge in [0.25, 0.3) is 0 Å². The summed E-state index contributed by atoms with van der Waals surface area (Å²) in [5, 5.41) is 9.73. The Balaban J connectivity index is 2.72. The van der Waals surface area contributed by atoms with Crippen molar-refractivity contribution in [3.8, 4) is 0 Å². The molecule has 0 saturated heterocycles. The lowest BCUT2D eigenvalue weighted by Gasteiger charge is -2.05. The molecule has 1 aromatic carbocycles. The van der Waals surface area contributed by atoms with E-state index in [1.165, 1.54) is 6.07 Å². The van der Waals surface area contributed by atoms with Crippen molar-refractivity contribution in [3.05, 3.63) is 34.8 Å². The molecule has 0 aliphatic heterocycles. The van der Waals surface area contributed by atoms with Crippen LogP contribution >= 0.6 is 0 Å². The minimum absolute atomic E-state index is 0.119. The van der Waals surface area contributed by atoms with Crippen LogP contribution in [-0.4, -0.2) is 22.6 Å². The molecule has 2 aromatic rings. The van der Waals surface area contributed by atoms with E-state index >= 15 is 0 Å². The predicted octanol–water partition coefficient (Wildman–Crippen LogP) is 2.00. The van der Waals surface area contributed by atoms with Gasteiger partial charge in [0.05, 0.1) is 6.42 Å². The number of hydrogen-bond donors (Lipinski definition) is 3. The second-order valence-electron chi connectivity index (χ2n) is 4.49. The number of nitrogens with two attached hydrogens (primary N) is 1. The largest absolute Gasteiger partial charge is 0.481 e. The van der Waals surface area contributed by atoms with Crippen molar-refractivity contribution in [2.75, 3.05) is 6.54 Å². The summed E-state index contributed by atoms with van der Waals surface area (Å²) in [7, 11) is 0. The second kappa shape index (κ2) is 5.40. The third-order valence-corrected chi connectivity index (χ3v) is 3.28. The fourth-order valence-electron chi connectivity index (χ4n) is 2.51. The highest BCUT2D eigenvalue weighted by Crippen LogP contribution is 2.29. The Morgan fingerprint density at radius 1 is 1.42 bits per heavy atom. The molecule has 0 aliphatic rings. The molecule has 0 unspecified atom stereocenters. The first kappa shape index (κ1) is 13.5. The number of benzene rings is 1. The number of aryl methyl sites for hydroxylation is 1. The minimum Gasteiger partial charge on any atom is -0.481 e. The number of hydrogen-bond acceptors (Lipinski definition) is 2. The molecule has 4 N–H and O–H groups in total. The van der Waals surface area contributed by atoms with Gasteiger partial charge in [0.1, 0.15) is 5.82 Å². The number of aliphatic carboxylic acids is 1.